The highest BCUT2D eigenvalue weighted by atomic mass is 79.9. The van der Waals surface area contributed by atoms with Crippen molar-refractivity contribution >= 4 is 22.0 Å². The summed E-state index contributed by atoms with van der Waals surface area (Å²) in [6.07, 6.45) is 6.83. The molecule has 1 aromatic carbocycles. The largest absolute Gasteiger partial charge is 0.381 e. The summed E-state index contributed by atoms with van der Waals surface area (Å²) in [5.74, 6) is 0. The molecule has 0 atom stereocenters. The molecule has 0 spiro atoms. The Balaban J connectivity index is 2.10. The maximum atomic E-state index is 5.04. The summed E-state index contributed by atoms with van der Waals surface area (Å²) in [5.41, 5.74) is 3.86. The first-order valence-corrected chi connectivity index (χ1v) is 7.18. The van der Waals surface area contributed by atoms with Gasteiger partial charge < -0.3 is 10.1 Å². The van der Waals surface area contributed by atoms with Crippen molar-refractivity contribution < 1.29 is 4.74 Å². The van der Waals surface area contributed by atoms with Crippen molar-refractivity contribution in [2.75, 3.05) is 13.7 Å². The van der Waals surface area contributed by atoms with E-state index in [0.717, 1.165) is 12.6 Å². The van der Waals surface area contributed by atoms with Crippen LogP contribution in [0.5, 0.6) is 0 Å². The number of hydrogen-bond donors (Lipinski definition) is 1. The van der Waals surface area contributed by atoms with Crippen molar-refractivity contribution in [2.24, 2.45) is 0 Å². The summed E-state index contributed by atoms with van der Waals surface area (Å²) in [6.45, 7) is 3.74. The third-order valence-corrected chi connectivity index (χ3v) is 4.00. The van der Waals surface area contributed by atoms with Gasteiger partial charge in [-0.1, -0.05) is 34.1 Å². The highest BCUT2D eigenvalue weighted by Gasteiger charge is 2.20. The van der Waals surface area contributed by atoms with Crippen molar-refractivity contribution in [1.29, 1.82) is 0 Å². The Labute approximate surface area is 118 Å². The zero-order valence-electron chi connectivity index (χ0n) is 11.0. The molecule has 0 bridgehead atoms. The summed E-state index contributed by atoms with van der Waals surface area (Å²) in [5, 5.41) is 3.54. The second kappa shape index (κ2) is 6.50. The number of ether oxygens (including phenoxy) is 1. The van der Waals surface area contributed by atoms with Gasteiger partial charge in [-0.05, 0) is 42.5 Å². The Kier molecular flexibility index (Phi) is 4.98. The molecule has 0 heterocycles. The number of nitrogens with one attached hydrogen (secondary N) is 1. The minimum atomic E-state index is 0.654. The molecule has 0 aliphatic heterocycles. The fraction of sp³-hybridized carbons (Fsp3) is 0.467. The lowest BCUT2D eigenvalue weighted by Gasteiger charge is -2.09. The first kappa shape index (κ1) is 13.8. The van der Waals surface area contributed by atoms with E-state index in [9.17, 15) is 0 Å². The molecule has 0 unspecified atom stereocenters. The van der Waals surface area contributed by atoms with Gasteiger partial charge in [0.2, 0.25) is 0 Å². The van der Waals surface area contributed by atoms with Gasteiger partial charge in [0.15, 0.2) is 0 Å². The van der Waals surface area contributed by atoms with Crippen LogP contribution in [0.25, 0.3) is 6.08 Å². The molecule has 98 valence electrons. The maximum absolute atomic E-state index is 5.04. The molecule has 3 heteroatoms. The van der Waals surface area contributed by atoms with E-state index >= 15 is 0 Å². The molecular formula is C15H20BrNO. The van der Waals surface area contributed by atoms with Gasteiger partial charge in [0.1, 0.15) is 0 Å². The Bertz CT molecular complexity index is 438. The predicted molar refractivity (Wildman–Crippen MR) is 79.7 cm³/mol. The van der Waals surface area contributed by atoms with Gasteiger partial charge in [-0.15, -0.1) is 0 Å². The molecule has 1 aromatic rings. The van der Waals surface area contributed by atoms with Crippen LogP contribution < -0.4 is 5.32 Å². The molecule has 1 fully saturated rings. The molecule has 18 heavy (non-hydrogen) atoms. The SMILES string of the molecule is COCC=Cc1cc(CNC2CC2)cc(Br)c1C. The Hall–Kier alpha value is -0.640. The van der Waals surface area contributed by atoms with Crippen LogP contribution in [-0.2, 0) is 11.3 Å². The van der Waals surface area contributed by atoms with E-state index in [1.807, 2.05) is 6.08 Å². The van der Waals surface area contributed by atoms with E-state index in [4.69, 9.17) is 4.74 Å². The van der Waals surface area contributed by atoms with Crippen molar-refractivity contribution in [2.45, 2.75) is 32.4 Å². The molecule has 1 saturated carbocycles. The average Bonchev–Trinajstić information content (AvgIpc) is 3.16. The van der Waals surface area contributed by atoms with Gasteiger partial charge in [0, 0.05) is 24.2 Å². The Morgan fingerprint density at radius 1 is 1.44 bits per heavy atom. The summed E-state index contributed by atoms with van der Waals surface area (Å²) >= 11 is 3.64. The lowest BCUT2D eigenvalue weighted by atomic mass is 10.0. The summed E-state index contributed by atoms with van der Waals surface area (Å²) in [4.78, 5) is 0. The monoisotopic (exact) mass is 309 g/mol. The first-order chi connectivity index (χ1) is 8.70. The number of halogens is 1. The van der Waals surface area contributed by atoms with Gasteiger partial charge in [-0.2, -0.15) is 0 Å². The lowest BCUT2D eigenvalue weighted by molar-refractivity contribution is 0.234. The van der Waals surface area contributed by atoms with Crippen LogP contribution in [0, 0.1) is 6.92 Å². The molecule has 2 nitrogen and oxygen atoms in total. The van der Waals surface area contributed by atoms with Gasteiger partial charge in [0.05, 0.1) is 6.61 Å². The molecular weight excluding hydrogens is 290 g/mol. The van der Waals surface area contributed by atoms with E-state index < -0.39 is 0 Å². The molecule has 1 aliphatic carbocycles. The van der Waals surface area contributed by atoms with Gasteiger partial charge in [-0.3, -0.25) is 0 Å². The van der Waals surface area contributed by atoms with Crippen LogP contribution in [0.3, 0.4) is 0 Å². The van der Waals surface area contributed by atoms with Crippen LogP contribution in [0.4, 0.5) is 0 Å². The first-order valence-electron chi connectivity index (χ1n) is 6.38. The van der Waals surface area contributed by atoms with E-state index in [0.29, 0.717) is 6.61 Å². The van der Waals surface area contributed by atoms with Gasteiger partial charge in [0.25, 0.3) is 0 Å². The van der Waals surface area contributed by atoms with Crippen LogP contribution in [0.15, 0.2) is 22.7 Å². The third-order valence-electron chi connectivity index (χ3n) is 3.18. The van der Waals surface area contributed by atoms with E-state index in [-0.39, 0.29) is 0 Å². The van der Waals surface area contributed by atoms with Crippen LogP contribution in [0.2, 0.25) is 0 Å². The highest BCUT2D eigenvalue weighted by Crippen LogP contribution is 2.25. The smallest absolute Gasteiger partial charge is 0.0646 e. The van der Waals surface area contributed by atoms with Crippen LogP contribution >= 0.6 is 15.9 Å². The van der Waals surface area contributed by atoms with E-state index in [1.54, 1.807) is 7.11 Å². The molecule has 0 radical (unpaired) electrons. The van der Waals surface area contributed by atoms with Crippen molar-refractivity contribution in [3.63, 3.8) is 0 Å². The third kappa shape index (κ3) is 3.94. The number of benzene rings is 1. The summed E-state index contributed by atoms with van der Waals surface area (Å²) < 4.78 is 6.22. The van der Waals surface area contributed by atoms with Gasteiger partial charge in [-0.25, -0.2) is 0 Å². The van der Waals surface area contributed by atoms with Crippen molar-refractivity contribution in [3.05, 3.63) is 39.4 Å². The van der Waals surface area contributed by atoms with E-state index in [2.05, 4.69) is 46.4 Å². The standard InChI is InChI=1S/C15H20BrNO/c1-11-13(4-3-7-18-2)8-12(9-15(11)16)10-17-14-5-6-14/h3-4,8-9,14,17H,5-7,10H2,1-2H3. The Morgan fingerprint density at radius 3 is 2.89 bits per heavy atom. The Morgan fingerprint density at radius 2 is 2.22 bits per heavy atom. The zero-order chi connectivity index (χ0) is 13.0. The zero-order valence-corrected chi connectivity index (χ0v) is 12.6. The van der Waals surface area contributed by atoms with Gasteiger partial charge >= 0.3 is 0 Å². The summed E-state index contributed by atoms with van der Waals surface area (Å²) in [7, 11) is 1.71. The average molecular weight is 310 g/mol. The fourth-order valence-corrected chi connectivity index (χ4v) is 2.38. The van der Waals surface area contributed by atoms with Crippen molar-refractivity contribution in [1.82, 2.24) is 5.32 Å². The minimum Gasteiger partial charge on any atom is -0.381 e. The second-order valence-corrected chi connectivity index (χ2v) is 5.66. The molecule has 0 aromatic heterocycles. The molecule has 0 amide bonds. The van der Waals surface area contributed by atoms with Crippen LogP contribution in [-0.4, -0.2) is 19.8 Å². The van der Waals surface area contributed by atoms with Crippen LogP contribution in [0.1, 0.15) is 29.5 Å². The molecule has 1 aliphatic rings. The molecule has 2 rings (SSSR count). The van der Waals surface area contributed by atoms with Crippen molar-refractivity contribution in [3.8, 4) is 0 Å². The fourth-order valence-electron chi connectivity index (χ4n) is 1.85. The number of rotatable bonds is 6. The normalized spacial score (nSPS) is 15.5. The number of hydrogen-bond acceptors (Lipinski definition) is 2. The molecule has 0 saturated heterocycles. The second-order valence-electron chi connectivity index (χ2n) is 4.80. The summed E-state index contributed by atoms with van der Waals surface area (Å²) in [6, 6.07) is 5.21. The van der Waals surface area contributed by atoms with E-state index in [1.165, 1.54) is 34.0 Å². The topological polar surface area (TPSA) is 21.3 Å². The molecule has 1 N–H and O–H groups in total. The lowest BCUT2D eigenvalue weighted by Crippen LogP contribution is -2.15. The maximum Gasteiger partial charge on any atom is 0.0646 e. The quantitative estimate of drug-likeness (QED) is 0.865. The number of methoxy groups -OCH3 is 1. The highest BCUT2D eigenvalue weighted by molar-refractivity contribution is 9.10. The predicted octanol–water partition coefficient (Wildman–Crippen LogP) is 3.67. The minimum absolute atomic E-state index is 0.654.